The smallest absolute Gasteiger partial charge is 0.254 e. The zero-order chi connectivity index (χ0) is 15.2. The number of rotatable bonds is 2. The Bertz CT molecular complexity index is 574. The second kappa shape index (κ2) is 7.24. The molecule has 1 unspecified atom stereocenters. The van der Waals surface area contributed by atoms with Crippen LogP contribution in [0.25, 0.3) is 0 Å². The van der Waals surface area contributed by atoms with Gasteiger partial charge in [0.15, 0.2) is 0 Å². The number of halogens is 1. The summed E-state index contributed by atoms with van der Waals surface area (Å²) in [4.78, 5) is 14.4. The van der Waals surface area contributed by atoms with Gasteiger partial charge in [0.25, 0.3) is 5.91 Å². The fourth-order valence-electron chi connectivity index (χ4n) is 2.75. The van der Waals surface area contributed by atoms with Crippen LogP contribution in [0.2, 0.25) is 0 Å². The molecular formula is C17H21FN2O. The number of hydrogen-bond donors (Lipinski definition) is 1. The van der Waals surface area contributed by atoms with Crippen molar-refractivity contribution in [2.75, 3.05) is 13.1 Å². The van der Waals surface area contributed by atoms with E-state index in [-0.39, 0.29) is 24.1 Å². The van der Waals surface area contributed by atoms with E-state index < -0.39 is 5.82 Å². The van der Waals surface area contributed by atoms with Crippen LogP contribution in [0, 0.1) is 17.7 Å². The lowest BCUT2D eigenvalue weighted by molar-refractivity contribution is 0.0607. The van der Waals surface area contributed by atoms with Crippen LogP contribution < -0.4 is 5.73 Å². The van der Waals surface area contributed by atoms with Gasteiger partial charge < -0.3 is 10.6 Å². The summed E-state index contributed by atoms with van der Waals surface area (Å²) in [5.41, 5.74) is 5.95. The van der Waals surface area contributed by atoms with Crippen molar-refractivity contribution < 1.29 is 9.18 Å². The molecular weight excluding hydrogens is 267 g/mol. The van der Waals surface area contributed by atoms with Gasteiger partial charge in [0, 0.05) is 18.2 Å². The van der Waals surface area contributed by atoms with Crippen molar-refractivity contribution in [1.82, 2.24) is 4.90 Å². The highest BCUT2D eigenvalue weighted by Crippen LogP contribution is 2.22. The molecule has 3 nitrogen and oxygen atoms in total. The van der Waals surface area contributed by atoms with Gasteiger partial charge in [0.2, 0.25) is 0 Å². The number of benzene rings is 1. The van der Waals surface area contributed by atoms with E-state index in [1.165, 1.54) is 6.07 Å². The Hall–Kier alpha value is -1.86. The molecule has 0 radical (unpaired) electrons. The van der Waals surface area contributed by atoms with Crippen molar-refractivity contribution in [2.45, 2.75) is 38.6 Å². The minimum absolute atomic E-state index is 0.0845. The summed E-state index contributed by atoms with van der Waals surface area (Å²) in [6, 6.07) is 4.75. The van der Waals surface area contributed by atoms with Gasteiger partial charge >= 0.3 is 0 Å². The van der Waals surface area contributed by atoms with Crippen LogP contribution in [0.5, 0.6) is 0 Å². The van der Waals surface area contributed by atoms with Crippen molar-refractivity contribution >= 4 is 5.91 Å². The molecule has 1 aromatic rings. The number of hydrogen-bond acceptors (Lipinski definition) is 2. The zero-order valence-corrected chi connectivity index (χ0v) is 12.4. The van der Waals surface area contributed by atoms with Crippen molar-refractivity contribution in [2.24, 2.45) is 5.73 Å². The highest BCUT2D eigenvalue weighted by Gasteiger charge is 2.26. The first-order valence-electron chi connectivity index (χ1n) is 7.46. The molecule has 1 fully saturated rings. The van der Waals surface area contributed by atoms with Gasteiger partial charge in [-0.25, -0.2) is 4.39 Å². The Morgan fingerprint density at radius 2 is 2.29 bits per heavy atom. The molecule has 2 rings (SSSR count). The fourth-order valence-corrected chi connectivity index (χ4v) is 2.75. The molecule has 0 bridgehead atoms. The SMILES string of the molecule is CCC1CCCCN1C(=O)c1ccc(C#CCN)c(F)c1. The van der Waals surface area contributed by atoms with E-state index in [1.807, 2.05) is 4.90 Å². The van der Waals surface area contributed by atoms with E-state index in [4.69, 9.17) is 5.73 Å². The summed E-state index contributed by atoms with van der Waals surface area (Å²) in [6.45, 7) is 3.03. The second-order valence-electron chi connectivity index (χ2n) is 5.26. The second-order valence-corrected chi connectivity index (χ2v) is 5.26. The number of amides is 1. The third-order valence-electron chi connectivity index (χ3n) is 3.90. The number of piperidine rings is 1. The molecule has 2 N–H and O–H groups in total. The quantitative estimate of drug-likeness (QED) is 0.850. The van der Waals surface area contributed by atoms with Gasteiger partial charge in [-0.05, 0) is 43.9 Å². The summed E-state index contributed by atoms with van der Waals surface area (Å²) < 4.78 is 14.0. The number of carbonyl (C=O) groups is 1. The third-order valence-corrected chi connectivity index (χ3v) is 3.90. The topological polar surface area (TPSA) is 46.3 Å². The van der Waals surface area contributed by atoms with E-state index in [9.17, 15) is 9.18 Å². The molecule has 1 saturated heterocycles. The molecule has 1 heterocycles. The lowest BCUT2D eigenvalue weighted by atomic mass is 9.98. The molecule has 21 heavy (non-hydrogen) atoms. The van der Waals surface area contributed by atoms with Gasteiger partial charge in [0.1, 0.15) is 5.82 Å². The monoisotopic (exact) mass is 288 g/mol. The minimum atomic E-state index is -0.466. The van der Waals surface area contributed by atoms with E-state index in [2.05, 4.69) is 18.8 Å². The average Bonchev–Trinajstić information content (AvgIpc) is 2.53. The molecule has 0 saturated carbocycles. The first-order chi connectivity index (χ1) is 10.2. The predicted molar refractivity (Wildman–Crippen MR) is 81.3 cm³/mol. The number of carbonyl (C=O) groups excluding carboxylic acids is 1. The minimum Gasteiger partial charge on any atom is -0.336 e. The molecule has 0 aliphatic carbocycles. The maximum Gasteiger partial charge on any atom is 0.254 e. The van der Waals surface area contributed by atoms with Crippen molar-refractivity contribution in [3.8, 4) is 11.8 Å². The van der Waals surface area contributed by atoms with Crippen LogP contribution in [0.3, 0.4) is 0 Å². The summed E-state index contributed by atoms with van der Waals surface area (Å²) in [7, 11) is 0. The summed E-state index contributed by atoms with van der Waals surface area (Å²) in [5, 5.41) is 0. The summed E-state index contributed by atoms with van der Waals surface area (Å²) >= 11 is 0. The normalized spacial score (nSPS) is 18.0. The molecule has 1 aliphatic rings. The predicted octanol–water partition coefficient (Wildman–Crippen LogP) is 2.54. The number of likely N-dealkylation sites (tertiary alicyclic amines) is 1. The standard InChI is InChI=1S/C17H21FN2O/c1-2-15-7-3-4-11-20(15)17(21)14-9-8-13(6-5-10-19)16(18)12-14/h8-9,12,15H,2-4,7,10-11,19H2,1H3. The average molecular weight is 288 g/mol. The fraction of sp³-hybridized carbons (Fsp3) is 0.471. The summed E-state index contributed by atoms with van der Waals surface area (Å²) in [5.74, 6) is 4.73. The van der Waals surface area contributed by atoms with Crippen LogP contribution in [-0.2, 0) is 0 Å². The number of nitrogens with two attached hydrogens (primary N) is 1. The van der Waals surface area contributed by atoms with E-state index in [0.29, 0.717) is 5.56 Å². The maximum atomic E-state index is 14.0. The van der Waals surface area contributed by atoms with Crippen molar-refractivity contribution in [3.63, 3.8) is 0 Å². The Labute approximate surface area is 125 Å². The van der Waals surface area contributed by atoms with Crippen LogP contribution in [0.1, 0.15) is 48.5 Å². The van der Waals surface area contributed by atoms with E-state index in [0.717, 1.165) is 32.2 Å². The molecule has 112 valence electrons. The zero-order valence-electron chi connectivity index (χ0n) is 12.4. The molecule has 1 amide bonds. The Morgan fingerprint density at radius 3 is 2.95 bits per heavy atom. The van der Waals surface area contributed by atoms with Crippen molar-refractivity contribution in [1.29, 1.82) is 0 Å². The van der Waals surface area contributed by atoms with Crippen LogP contribution in [-0.4, -0.2) is 29.9 Å². The number of nitrogens with zero attached hydrogens (tertiary/aromatic N) is 1. The lowest BCUT2D eigenvalue weighted by Gasteiger charge is -2.35. The Morgan fingerprint density at radius 1 is 1.48 bits per heavy atom. The summed E-state index contributed by atoms with van der Waals surface area (Å²) in [6.07, 6.45) is 4.15. The molecule has 4 heteroatoms. The molecule has 1 atom stereocenters. The molecule has 1 aliphatic heterocycles. The molecule has 0 spiro atoms. The van der Waals surface area contributed by atoms with Crippen LogP contribution in [0.4, 0.5) is 4.39 Å². The molecule has 0 aromatic heterocycles. The largest absolute Gasteiger partial charge is 0.336 e. The lowest BCUT2D eigenvalue weighted by Crippen LogP contribution is -2.43. The highest BCUT2D eigenvalue weighted by atomic mass is 19.1. The first kappa shape index (κ1) is 15.5. The maximum absolute atomic E-state index is 14.0. The van der Waals surface area contributed by atoms with Gasteiger partial charge in [-0.1, -0.05) is 18.8 Å². The Balaban J connectivity index is 2.21. The Kier molecular flexibility index (Phi) is 5.35. The van der Waals surface area contributed by atoms with E-state index >= 15 is 0 Å². The third kappa shape index (κ3) is 3.62. The van der Waals surface area contributed by atoms with E-state index in [1.54, 1.807) is 12.1 Å². The van der Waals surface area contributed by atoms with Gasteiger partial charge in [-0.3, -0.25) is 4.79 Å². The van der Waals surface area contributed by atoms with Crippen LogP contribution in [0.15, 0.2) is 18.2 Å². The first-order valence-corrected chi connectivity index (χ1v) is 7.46. The van der Waals surface area contributed by atoms with Gasteiger partial charge in [-0.2, -0.15) is 0 Å². The van der Waals surface area contributed by atoms with Crippen LogP contribution >= 0.6 is 0 Å². The highest BCUT2D eigenvalue weighted by molar-refractivity contribution is 5.94. The van der Waals surface area contributed by atoms with Gasteiger partial charge in [0.05, 0.1) is 12.1 Å². The molecule has 1 aromatic carbocycles. The van der Waals surface area contributed by atoms with Crippen molar-refractivity contribution in [3.05, 3.63) is 35.1 Å². The van der Waals surface area contributed by atoms with Gasteiger partial charge in [-0.15, -0.1) is 0 Å².